The summed E-state index contributed by atoms with van der Waals surface area (Å²) in [6, 6.07) is 0.755. The standard InChI is InChI=1S/C5H10O2.C4H10N2/c1-5(2,3)7-4-6;1-5-4-2-6-3-4/h4H,1-3H3;4-6H,2-3H2,1H3. The van der Waals surface area contributed by atoms with Gasteiger partial charge in [0.1, 0.15) is 5.60 Å². The van der Waals surface area contributed by atoms with Gasteiger partial charge in [0, 0.05) is 19.1 Å². The van der Waals surface area contributed by atoms with E-state index in [0.29, 0.717) is 6.47 Å². The van der Waals surface area contributed by atoms with E-state index in [0.717, 1.165) is 19.1 Å². The zero-order chi connectivity index (χ0) is 10.3. The smallest absolute Gasteiger partial charge is 0.293 e. The molecule has 1 saturated heterocycles. The number of carbonyl (C=O) groups is 1. The fourth-order valence-electron chi connectivity index (χ4n) is 0.637. The molecule has 78 valence electrons. The van der Waals surface area contributed by atoms with Crippen molar-refractivity contribution in [2.45, 2.75) is 32.4 Å². The van der Waals surface area contributed by atoms with Gasteiger partial charge in [0.2, 0.25) is 0 Å². The lowest BCUT2D eigenvalue weighted by Crippen LogP contribution is -2.54. The van der Waals surface area contributed by atoms with Crippen LogP contribution in [0.5, 0.6) is 0 Å². The molecule has 1 rings (SSSR count). The SMILES string of the molecule is CC(C)(C)OC=O.CNC1CNC1. The highest BCUT2D eigenvalue weighted by Gasteiger charge is 2.11. The van der Waals surface area contributed by atoms with Crippen LogP contribution >= 0.6 is 0 Å². The lowest BCUT2D eigenvalue weighted by Gasteiger charge is -2.25. The minimum atomic E-state index is -0.318. The molecular formula is C9H20N2O2. The van der Waals surface area contributed by atoms with Crippen LogP contribution < -0.4 is 10.6 Å². The highest BCUT2D eigenvalue weighted by atomic mass is 16.5. The summed E-state index contributed by atoms with van der Waals surface area (Å²) in [7, 11) is 1.99. The van der Waals surface area contributed by atoms with Crippen molar-refractivity contribution in [1.29, 1.82) is 0 Å². The summed E-state index contributed by atoms with van der Waals surface area (Å²) >= 11 is 0. The number of nitrogens with one attached hydrogen (secondary N) is 2. The Morgan fingerprint density at radius 2 is 2.00 bits per heavy atom. The highest BCUT2D eigenvalue weighted by Crippen LogP contribution is 2.02. The maximum atomic E-state index is 9.60. The normalized spacial score (nSPS) is 16.6. The molecule has 1 heterocycles. The average molecular weight is 188 g/mol. The molecule has 1 aliphatic heterocycles. The Labute approximate surface area is 80.0 Å². The van der Waals surface area contributed by atoms with Gasteiger partial charge in [-0.3, -0.25) is 4.79 Å². The number of carbonyl (C=O) groups excluding carboxylic acids is 1. The Balaban J connectivity index is 0.000000223. The molecule has 0 amide bonds. The average Bonchev–Trinajstić information content (AvgIpc) is 1.82. The van der Waals surface area contributed by atoms with Crippen molar-refractivity contribution < 1.29 is 9.53 Å². The molecule has 1 fully saturated rings. The number of hydrogen-bond donors (Lipinski definition) is 2. The predicted molar refractivity (Wildman–Crippen MR) is 52.6 cm³/mol. The first-order chi connectivity index (χ1) is 5.99. The van der Waals surface area contributed by atoms with E-state index in [2.05, 4.69) is 15.4 Å². The molecule has 0 aromatic carbocycles. The molecule has 0 aliphatic carbocycles. The van der Waals surface area contributed by atoms with Gasteiger partial charge < -0.3 is 15.4 Å². The van der Waals surface area contributed by atoms with E-state index in [4.69, 9.17) is 0 Å². The second-order valence-electron chi connectivity index (χ2n) is 3.97. The number of rotatable bonds is 2. The first-order valence-electron chi connectivity index (χ1n) is 4.49. The molecule has 0 spiro atoms. The fourth-order valence-corrected chi connectivity index (χ4v) is 0.637. The summed E-state index contributed by atoms with van der Waals surface area (Å²) in [5.41, 5.74) is -0.318. The molecule has 1 aliphatic rings. The third-order valence-electron chi connectivity index (χ3n) is 1.59. The molecule has 4 nitrogen and oxygen atoms in total. The third kappa shape index (κ3) is 7.74. The summed E-state index contributed by atoms with van der Waals surface area (Å²) in [5, 5.41) is 6.29. The summed E-state index contributed by atoms with van der Waals surface area (Å²) in [6.45, 7) is 8.22. The Hall–Kier alpha value is -0.610. The van der Waals surface area contributed by atoms with Crippen LogP contribution in [-0.4, -0.2) is 38.3 Å². The van der Waals surface area contributed by atoms with E-state index in [1.807, 2.05) is 27.8 Å². The van der Waals surface area contributed by atoms with Gasteiger partial charge in [-0.25, -0.2) is 0 Å². The lowest BCUT2D eigenvalue weighted by molar-refractivity contribution is -0.138. The fraction of sp³-hybridized carbons (Fsp3) is 0.889. The van der Waals surface area contributed by atoms with Crippen molar-refractivity contribution in [1.82, 2.24) is 10.6 Å². The van der Waals surface area contributed by atoms with Gasteiger partial charge in [0.25, 0.3) is 6.47 Å². The number of ether oxygens (including phenoxy) is 1. The van der Waals surface area contributed by atoms with E-state index >= 15 is 0 Å². The highest BCUT2D eigenvalue weighted by molar-refractivity contribution is 5.37. The Bertz CT molecular complexity index is 136. The van der Waals surface area contributed by atoms with E-state index in [-0.39, 0.29) is 5.60 Å². The molecule has 13 heavy (non-hydrogen) atoms. The molecule has 0 radical (unpaired) electrons. The maximum Gasteiger partial charge on any atom is 0.293 e. The summed E-state index contributed by atoms with van der Waals surface area (Å²) in [5.74, 6) is 0. The number of likely N-dealkylation sites (N-methyl/N-ethyl adjacent to an activating group) is 1. The van der Waals surface area contributed by atoms with E-state index in [1.54, 1.807) is 0 Å². The quantitative estimate of drug-likeness (QED) is 0.605. The summed E-state index contributed by atoms with van der Waals surface area (Å²) < 4.78 is 4.55. The van der Waals surface area contributed by atoms with Gasteiger partial charge in [-0.1, -0.05) is 0 Å². The molecular weight excluding hydrogens is 168 g/mol. The van der Waals surface area contributed by atoms with Crippen molar-refractivity contribution in [3.05, 3.63) is 0 Å². The van der Waals surface area contributed by atoms with Crippen LogP contribution in [0.25, 0.3) is 0 Å². The zero-order valence-corrected chi connectivity index (χ0v) is 8.89. The van der Waals surface area contributed by atoms with E-state index < -0.39 is 0 Å². The molecule has 2 N–H and O–H groups in total. The van der Waals surface area contributed by atoms with Crippen molar-refractivity contribution in [2.75, 3.05) is 20.1 Å². The molecule has 0 bridgehead atoms. The zero-order valence-electron chi connectivity index (χ0n) is 8.89. The molecule has 0 atom stereocenters. The van der Waals surface area contributed by atoms with Crippen LogP contribution in [0, 0.1) is 0 Å². The van der Waals surface area contributed by atoms with Gasteiger partial charge in [-0.2, -0.15) is 0 Å². The van der Waals surface area contributed by atoms with Gasteiger partial charge in [-0.15, -0.1) is 0 Å². The van der Waals surface area contributed by atoms with E-state index in [9.17, 15) is 4.79 Å². The summed E-state index contributed by atoms with van der Waals surface area (Å²) in [6.07, 6.45) is 0. The lowest BCUT2D eigenvalue weighted by atomic mass is 10.2. The molecule has 0 saturated carbocycles. The molecule has 0 aromatic rings. The predicted octanol–water partition coefficient (Wildman–Crippen LogP) is 0.136. The van der Waals surface area contributed by atoms with Gasteiger partial charge >= 0.3 is 0 Å². The molecule has 4 heteroatoms. The van der Waals surface area contributed by atoms with Crippen LogP contribution in [0.2, 0.25) is 0 Å². The van der Waals surface area contributed by atoms with Gasteiger partial charge in [0.15, 0.2) is 0 Å². The van der Waals surface area contributed by atoms with Gasteiger partial charge in [-0.05, 0) is 27.8 Å². The second kappa shape index (κ2) is 5.94. The van der Waals surface area contributed by atoms with Crippen molar-refractivity contribution in [2.24, 2.45) is 0 Å². The largest absolute Gasteiger partial charge is 0.462 e. The van der Waals surface area contributed by atoms with Crippen LogP contribution in [0.4, 0.5) is 0 Å². The van der Waals surface area contributed by atoms with Crippen LogP contribution in [-0.2, 0) is 9.53 Å². The molecule has 0 unspecified atom stereocenters. The molecule has 0 aromatic heterocycles. The minimum Gasteiger partial charge on any atom is -0.462 e. The van der Waals surface area contributed by atoms with Crippen molar-refractivity contribution >= 4 is 6.47 Å². The maximum absolute atomic E-state index is 9.60. The third-order valence-corrected chi connectivity index (χ3v) is 1.59. The first kappa shape index (κ1) is 12.4. The monoisotopic (exact) mass is 188 g/mol. The van der Waals surface area contributed by atoms with Crippen LogP contribution in [0.15, 0.2) is 0 Å². The Kier molecular flexibility index (Phi) is 5.66. The van der Waals surface area contributed by atoms with Crippen LogP contribution in [0.1, 0.15) is 20.8 Å². The topological polar surface area (TPSA) is 50.4 Å². The Morgan fingerprint density at radius 3 is 2.00 bits per heavy atom. The van der Waals surface area contributed by atoms with Crippen molar-refractivity contribution in [3.63, 3.8) is 0 Å². The van der Waals surface area contributed by atoms with Crippen molar-refractivity contribution in [3.8, 4) is 0 Å². The summed E-state index contributed by atoms with van der Waals surface area (Å²) in [4.78, 5) is 9.60. The Morgan fingerprint density at radius 1 is 1.46 bits per heavy atom. The van der Waals surface area contributed by atoms with E-state index in [1.165, 1.54) is 0 Å². The second-order valence-corrected chi connectivity index (χ2v) is 3.97. The number of hydrogen-bond acceptors (Lipinski definition) is 4. The minimum absolute atomic E-state index is 0.318. The van der Waals surface area contributed by atoms with Gasteiger partial charge in [0.05, 0.1) is 0 Å². The first-order valence-corrected chi connectivity index (χ1v) is 4.49. The van der Waals surface area contributed by atoms with Crippen LogP contribution in [0.3, 0.4) is 0 Å².